The Morgan fingerprint density at radius 1 is 1.22 bits per heavy atom. The lowest BCUT2D eigenvalue weighted by Gasteiger charge is -2.13. The highest BCUT2D eigenvalue weighted by Crippen LogP contribution is 2.42. The summed E-state index contributed by atoms with van der Waals surface area (Å²) in [6.45, 7) is 3.32. The number of aromatic amines is 1. The Balaban J connectivity index is 1.52. The first-order chi connectivity index (χ1) is 17.2. The van der Waals surface area contributed by atoms with Gasteiger partial charge in [0.1, 0.15) is 21.8 Å². The summed E-state index contributed by atoms with van der Waals surface area (Å²) in [5.74, 6) is -1.36. The fraction of sp³-hybridized carbons (Fsp3) is 0.304. The van der Waals surface area contributed by atoms with Crippen molar-refractivity contribution >= 4 is 38.3 Å². The molecule has 5 rings (SSSR count). The zero-order valence-corrected chi connectivity index (χ0v) is 20.4. The van der Waals surface area contributed by atoms with E-state index in [1.165, 1.54) is 26.2 Å². The number of rotatable bonds is 9. The van der Waals surface area contributed by atoms with Gasteiger partial charge in [-0.3, -0.25) is 9.82 Å². The number of aryl methyl sites for hydroxylation is 1. The van der Waals surface area contributed by atoms with Gasteiger partial charge in [0.25, 0.3) is 10.0 Å². The third-order valence-corrected chi connectivity index (χ3v) is 7.14. The summed E-state index contributed by atoms with van der Waals surface area (Å²) in [6.07, 6.45) is 2.15. The molecule has 4 aromatic rings. The molecule has 0 atom stereocenters. The van der Waals surface area contributed by atoms with Crippen molar-refractivity contribution in [1.29, 1.82) is 0 Å². The van der Waals surface area contributed by atoms with Crippen LogP contribution in [0.3, 0.4) is 0 Å². The van der Waals surface area contributed by atoms with Crippen LogP contribution in [0, 0.1) is 18.6 Å². The normalized spacial score (nSPS) is 13.7. The Morgan fingerprint density at radius 3 is 2.69 bits per heavy atom. The molecular weight excluding hydrogens is 496 g/mol. The highest BCUT2D eigenvalue weighted by molar-refractivity contribution is 7.92. The van der Waals surface area contributed by atoms with Gasteiger partial charge in [0, 0.05) is 23.7 Å². The summed E-state index contributed by atoms with van der Waals surface area (Å²) >= 11 is 0. The number of anilines is 3. The third-order valence-electron chi connectivity index (χ3n) is 5.78. The van der Waals surface area contributed by atoms with E-state index in [1.54, 1.807) is 13.0 Å². The van der Waals surface area contributed by atoms with Gasteiger partial charge < -0.3 is 19.3 Å². The maximum Gasteiger partial charge on any atom is 0.266 e. The molecule has 0 radical (unpaired) electrons. The molecule has 36 heavy (non-hydrogen) atoms. The molecule has 0 bridgehead atoms. The van der Waals surface area contributed by atoms with Gasteiger partial charge >= 0.3 is 0 Å². The summed E-state index contributed by atoms with van der Waals surface area (Å²) in [6, 6.07) is 5.26. The van der Waals surface area contributed by atoms with Crippen molar-refractivity contribution < 1.29 is 31.2 Å². The predicted molar refractivity (Wildman–Crippen MR) is 127 cm³/mol. The Hall–Kier alpha value is -3.87. The van der Waals surface area contributed by atoms with E-state index in [0.29, 0.717) is 11.7 Å². The van der Waals surface area contributed by atoms with E-state index in [2.05, 4.69) is 25.4 Å². The SMILES string of the molecule is CCOc1cc(C)c(F)cc1S(=O)(=O)Nc1noc2cc(Nc3cc(C4CC4)[nH]n3)c(F)c(OC)c12. The van der Waals surface area contributed by atoms with Crippen molar-refractivity contribution in [2.45, 2.75) is 37.5 Å². The summed E-state index contributed by atoms with van der Waals surface area (Å²) in [5, 5.41) is 13.7. The topological polar surface area (TPSA) is 131 Å². The number of hydrogen-bond acceptors (Lipinski definition) is 8. The van der Waals surface area contributed by atoms with E-state index >= 15 is 4.39 Å². The van der Waals surface area contributed by atoms with Crippen LogP contribution >= 0.6 is 0 Å². The fourth-order valence-corrected chi connectivity index (χ4v) is 4.98. The Labute approximate surface area is 205 Å². The lowest BCUT2D eigenvalue weighted by molar-refractivity contribution is 0.330. The number of fused-ring (bicyclic) bond motifs is 1. The molecule has 0 unspecified atom stereocenters. The van der Waals surface area contributed by atoms with Crippen molar-refractivity contribution in [2.75, 3.05) is 23.8 Å². The highest BCUT2D eigenvalue weighted by Gasteiger charge is 2.29. The van der Waals surface area contributed by atoms with Crippen molar-refractivity contribution in [3.8, 4) is 11.5 Å². The minimum absolute atomic E-state index is 0.00186. The highest BCUT2D eigenvalue weighted by atomic mass is 32.2. The first kappa shape index (κ1) is 23.9. The molecule has 1 fully saturated rings. The van der Waals surface area contributed by atoms with E-state index < -0.39 is 26.6 Å². The maximum absolute atomic E-state index is 15.4. The smallest absolute Gasteiger partial charge is 0.266 e. The summed E-state index contributed by atoms with van der Waals surface area (Å²) in [7, 11) is -3.18. The van der Waals surface area contributed by atoms with Crippen LogP contribution in [0.15, 0.2) is 33.7 Å². The number of halogens is 2. The van der Waals surface area contributed by atoms with Gasteiger partial charge in [0.05, 0.1) is 19.4 Å². The Morgan fingerprint density at radius 2 is 2.00 bits per heavy atom. The second-order valence-electron chi connectivity index (χ2n) is 8.37. The molecule has 0 aliphatic heterocycles. The molecule has 3 N–H and O–H groups in total. The number of nitrogens with zero attached hydrogens (tertiary/aromatic N) is 2. The van der Waals surface area contributed by atoms with E-state index in [9.17, 15) is 12.8 Å². The number of hydrogen-bond donors (Lipinski definition) is 3. The predicted octanol–water partition coefficient (Wildman–Crippen LogP) is 4.97. The second kappa shape index (κ2) is 8.97. The molecule has 0 saturated heterocycles. The van der Waals surface area contributed by atoms with Gasteiger partial charge in [0.15, 0.2) is 28.8 Å². The number of ether oxygens (including phenoxy) is 2. The summed E-state index contributed by atoms with van der Waals surface area (Å²) in [5.41, 5.74) is 1.22. The van der Waals surface area contributed by atoms with Gasteiger partial charge in [-0.2, -0.15) is 5.10 Å². The fourth-order valence-electron chi connectivity index (χ4n) is 3.84. The molecule has 1 aliphatic carbocycles. The van der Waals surface area contributed by atoms with E-state index in [1.807, 2.05) is 0 Å². The van der Waals surface area contributed by atoms with Crippen LogP contribution in [0.1, 0.15) is 36.9 Å². The molecule has 1 aliphatic rings. The van der Waals surface area contributed by atoms with Crippen molar-refractivity contribution in [1.82, 2.24) is 15.4 Å². The second-order valence-corrected chi connectivity index (χ2v) is 10.0. The van der Waals surface area contributed by atoms with Crippen LogP contribution in [-0.4, -0.2) is 37.5 Å². The van der Waals surface area contributed by atoms with Gasteiger partial charge in [-0.05, 0) is 44.4 Å². The van der Waals surface area contributed by atoms with Crippen LogP contribution in [-0.2, 0) is 10.0 Å². The first-order valence-corrected chi connectivity index (χ1v) is 12.6. The monoisotopic (exact) mass is 519 g/mol. The van der Waals surface area contributed by atoms with Crippen LogP contribution in [0.25, 0.3) is 11.0 Å². The van der Waals surface area contributed by atoms with Gasteiger partial charge in [-0.15, -0.1) is 0 Å². The van der Waals surface area contributed by atoms with Crippen LogP contribution in [0.5, 0.6) is 11.5 Å². The van der Waals surface area contributed by atoms with Crippen molar-refractivity contribution in [3.05, 3.63) is 47.2 Å². The number of methoxy groups -OCH3 is 1. The molecule has 1 saturated carbocycles. The number of nitrogens with one attached hydrogen (secondary N) is 3. The van der Waals surface area contributed by atoms with E-state index in [0.717, 1.165) is 24.6 Å². The minimum atomic E-state index is -4.41. The third kappa shape index (κ3) is 4.30. The molecule has 10 nitrogen and oxygen atoms in total. The van der Waals surface area contributed by atoms with Gasteiger partial charge in [-0.25, -0.2) is 17.2 Å². The summed E-state index contributed by atoms with van der Waals surface area (Å²) < 4.78 is 74.1. The van der Waals surface area contributed by atoms with Crippen molar-refractivity contribution in [3.63, 3.8) is 0 Å². The molecule has 13 heteroatoms. The minimum Gasteiger partial charge on any atom is -0.493 e. The van der Waals surface area contributed by atoms with Crippen molar-refractivity contribution in [2.24, 2.45) is 0 Å². The lowest BCUT2D eigenvalue weighted by Crippen LogP contribution is -2.16. The lowest BCUT2D eigenvalue weighted by atomic mass is 10.2. The molecule has 2 aromatic heterocycles. The number of benzene rings is 2. The average Bonchev–Trinajstić information content (AvgIpc) is 3.47. The zero-order chi connectivity index (χ0) is 25.6. The molecule has 0 spiro atoms. The molecule has 2 aromatic carbocycles. The Bertz CT molecular complexity index is 1560. The molecule has 2 heterocycles. The van der Waals surface area contributed by atoms with Gasteiger partial charge in [0.2, 0.25) is 0 Å². The average molecular weight is 520 g/mol. The van der Waals surface area contributed by atoms with Crippen LogP contribution in [0.4, 0.5) is 26.1 Å². The number of H-pyrrole nitrogens is 1. The molecule has 190 valence electrons. The summed E-state index contributed by atoms with van der Waals surface area (Å²) in [4.78, 5) is -0.439. The van der Waals surface area contributed by atoms with Crippen LogP contribution in [0.2, 0.25) is 0 Å². The quantitative estimate of drug-likeness (QED) is 0.283. The number of aromatic nitrogens is 3. The van der Waals surface area contributed by atoms with E-state index in [-0.39, 0.29) is 46.1 Å². The van der Waals surface area contributed by atoms with E-state index in [4.69, 9.17) is 14.0 Å². The first-order valence-electron chi connectivity index (χ1n) is 11.2. The van der Waals surface area contributed by atoms with Crippen LogP contribution < -0.4 is 19.5 Å². The molecule has 0 amide bonds. The number of sulfonamides is 1. The van der Waals surface area contributed by atoms with Gasteiger partial charge in [-0.1, -0.05) is 5.16 Å². The molecular formula is C23H23F2N5O5S. The standard InChI is InChI=1S/C23H23F2N5O5S/c1-4-34-16-7-11(2)13(24)8-18(16)36(31,32)30-23-20-17(35-29-23)9-15(21(25)22(20)33-3)26-19-10-14(27-28-19)12-5-6-12/h7-10,12H,4-6H2,1-3H3,(H,29,30)(H2,26,27,28). The zero-order valence-electron chi connectivity index (χ0n) is 19.6. The Kier molecular flexibility index (Phi) is 5.94. The maximum atomic E-state index is 15.4. The largest absolute Gasteiger partial charge is 0.493 e.